The predicted octanol–water partition coefficient (Wildman–Crippen LogP) is 2.82. The number of hydrogen-bond donors (Lipinski definition) is 4. The van der Waals surface area contributed by atoms with Crippen molar-refractivity contribution < 1.29 is 14.0 Å². The summed E-state index contributed by atoms with van der Waals surface area (Å²) in [4.78, 5) is 29.5. The molecule has 7 heteroatoms. The highest BCUT2D eigenvalue weighted by Gasteiger charge is 2.29. The van der Waals surface area contributed by atoms with Crippen LogP contribution in [0.1, 0.15) is 22.5 Å². The molecule has 2 amide bonds. The van der Waals surface area contributed by atoms with Crippen LogP contribution in [0.4, 0.5) is 0 Å². The fraction of sp³-hybridized carbons (Fsp3) is 0.231. The summed E-state index contributed by atoms with van der Waals surface area (Å²) < 4.78 is 5.32. The fourth-order valence-corrected chi connectivity index (χ4v) is 4.35. The summed E-state index contributed by atoms with van der Waals surface area (Å²) in [6.07, 6.45) is 4.44. The third kappa shape index (κ3) is 4.68. The number of furan rings is 1. The topological polar surface area (TPSA) is 99.2 Å². The number of carbonyl (C=O) groups excluding carboxylic acids is 2. The maximum absolute atomic E-state index is 13.2. The van der Waals surface area contributed by atoms with Crippen molar-refractivity contribution in [3.05, 3.63) is 95.6 Å². The quantitative estimate of drug-likeness (QED) is 0.354. The van der Waals surface area contributed by atoms with Gasteiger partial charge in [-0.05, 0) is 41.3 Å². The van der Waals surface area contributed by atoms with Gasteiger partial charge in [0, 0.05) is 30.1 Å². The number of para-hydroxylation sites is 1. The molecule has 4 N–H and O–H groups in total. The van der Waals surface area contributed by atoms with E-state index >= 15 is 0 Å². The number of fused-ring (bicyclic) bond motifs is 2. The monoisotopic (exact) mass is 442 g/mol. The van der Waals surface area contributed by atoms with Gasteiger partial charge in [-0.1, -0.05) is 42.5 Å². The molecule has 4 aromatic rings. The first-order chi connectivity index (χ1) is 16.2. The second kappa shape index (κ2) is 9.34. The van der Waals surface area contributed by atoms with E-state index in [0.29, 0.717) is 25.1 Å². The van der Waals surface area contributed by atoms with Crippen molar-refractivity contribution in [3.8, 4) is 0 Å². The number of nitrogens with one attached hydrogen (secondary N) is 4. The first-order valence-electron chi connectivity index (χ1n) is 11.1. The minimum absolute atomic E-state index is 0.178. The Labute approximate surface area is 191 Å². The Balaban J connectivity index is 1.32. The van der Waals surface area contributed by atoms with Gasteiger partial charge in [0.2, 0.25) is 11.8 Å². The van der Waals surface area contributed by atoms with E-state index in [2.05, 4.69) is 33.1 Å². The minimum atomic E-state index is -0.717. The van der Waals surface area contributed by atoms with Crippen LogP contribution in [-0.2, 0) is 35.5 Å². The van der Waals surface area contributed by atoms with Gasteiger partial charge in [0.15, 0.2) is 0 Å². The second-order valence-electron chi connectivity index (χ2n) is 8.33. The summed E-state index contributed by atoms with van der Waals surface area (Å²) in [5.41, 5.74) is 4.34. The standard InChI is InChI=1S/C26H26N4O3/c31-25(29-16-20-8-5-11-33-20)24(13-19-15-27-22-10-4-3-9-21(19)22)30-26(32)23-12-17-6-1-2-7-18(17)14-28-23/h1-11,15,23-24,27-28H,12-14,16H2,(H,29,31)(H,30,32)/t23-,24-/m0/s1. The average Bonchev–Trinajstić information content (AvgIpc) is 3.52. The molecule has 0 saturated heterocycles. The van der Waals surface area contributed by atoms with E-state index in [-0.39, 0.29) is 24.4 Å². The molecule has 0 saturated carbocycles. The zero-order valence-electron chi connectivity index (χ0n) is 18.1. The van der Waals surface area contributed by atoms with E-state index in [1.165, 1.54) is 5.56 Å². The van der Waals surface area contributed by atoms with Gasteiger partial charge in [-0.25, -0.2) is 0 Å². The molecule has 7 nitrogen and oxygen atoms in total. The number of H-pyrrole nitrogens is 1. The Kier molecular flexibility index (Phi) is 5.95. The molecule has 1 aliphatic rings. The van der Waals surface area contributed by atoms with E-state index in [1.54, 1.807) is 18.4 Å². The maximum Gasteiger partial charge on any atom is 0.243 e. The minimum Gasteiger partial charge on any atom is -0.467 e. The highest BCUT2D eigenvalue weighted by atomic mass is 16.3. The van der Waals surface area contributed by atoms with Crippen LogP contribution in [-0.4, -0.2) is 28.9 Å². The smallest absolute Gasteiger partial charge is 0.243 e. The molecule has 168 valence electrons. The van der Waals surface area contributed by atoms with Gasteiger partial charge in [-0.15, -0.1) is 0 Å². The number of hydrogen-bond acceptors (Lipinski definition) is 4. The highest BCUT2D eigenvalue weighted by molar-refractivity contribution is 5.91. The molecule has 2 aromatic carbocycles. The number of rotatable bonds is 7. The highest BCUT2D eigenvalue weighted by Crippen LogP contribution is 2.20. The lowest BCUT2D eigenvalue weighted by Gasteiger charge is -2.27. The van der Waals surface area contributed by atoms with E-state index < -0.39 is 6.04 Å². The summed E-state index contributed by atoms with van der Waals surface area (Å²) in [5, 5.41) is 10.2. The van der Waals surface area contributed by atoms with Gasteiger partial charge in [0.25, 0.3) is 0 Å². The van der Waals surface area contributed by atoms with Crippen molar-refractivity contribution in [2.24, 2.45) is 0 Å². The number of aromatic nitrogens is 1. The van der Waals surface area contributed by atoms with Crippen LogP contribution in [0.25, 0.3) is 10.9 Å². The molecule has 0 unspecified atom stereocenters. The number of amides is 2. The Hall–Kier alpha value is -3.84. The SMILES string of the molecule is O=C(N[C@@H](Cc1c[nH]c2ccccc12)C(=O)NCc1ccco1)[C@@H]1Cc2ccccc2CN1. The Morgan fingerprint density at radius 1 is 1.03 bits per heavy atom. The molecule has 0 fully saturated rings. The molecule has 0 spiro atoms. The van der Waals surface area contributed by atoms with E-state index in [4.69, 9.17) is 4.42 Å². The van der Waals surface area contributed by atoms with Gasteiger partial charge in [-0.2, -0.15) is 0 Å². The summed E-state index contributed by atoms with van der Waals surface area (Å²) in [5.74, 6) is 0.231. The van der Waals surface area contributed by atoms with Crippen molar-refractivity contribution in [1.29, 1.82) is 0 Å². The molecule has 3 heterocycles. The molecular formula is C26H26N4O3. The first kappa shape index (κ1) is 21.0. The normalized spacial score (nSPS) is 16.2. The predicted molar refractivity (Wildman–Crippen MR) is 125 cm³/mol. The van der Waals surface area contributed by atoms with Crippen LogP contribution in [0, 0.1) is 0 Å². The molecule has 0 bridgehead atoms. The van der Waals surface area contributed by atoms with Gasteiger partial charge < -0.3 is 25.4 Å². The summed E-state index contributed by atoms with van der Waals surface area (Å²) >= 11 is 0. The van der Waals surface area contributed by atoms with Crippen molar-refractivity contribution in [3.63, 3.8) is 0 Å². The Bertz CT molecular complexity index is 1260. The van der Waals surface area contributed by atoms with Crippen molar-refractivity contribution >= 4 is 22.7 Å². The van der Waals surface area contributed by atoms with Gasteiger partial charge >= 0.3 is 0 Å². The lowest BCUT2D eigenvalue weighted by atomic mass is 9.95. The summed E-state index contributed by atoms with van der Waals surface area (Å²) in [6, 6.07) is 18.5. The molecule has 0 radical (unpaired) electrons. The number of benzene rings is 2. The first-order valence-corrected chi connectivity index (χ1v) is 11.1. The van der Waals surface area contributed by atoms with Crippen LogP contribution in [0.5, 0.6) is 0 Å². The molecule has 1 aliphatic heterocycles. The second-order valence-corrected chi connectivity index (χ2v) is 8.33. The molecule has 0 aliphatic carbocycles. The van der Waals surface area contributed by atoms with Crippen molar-refractivity contribution in [2.75, 3.05) is 0 Å². The average molecular weight is 443 g/mol. The van der Waals surface area contributed by atoms with Crippen molar-refractivity contribution in [2.45, 2.75) is 38.0 Å². The molecule has 33 heavy (non-hydrogen) atoms. The zero-order chi connectivity index (χ0) is 22.6. The van der Waals surface area contributed by atoms with Crippen LogP contribution in [0.3, 0.4) is 0 Å². The van der Waals surface area contributed by atoms with Crippen molar-refractivity contribution in [1.82, 2.24) is 20.9 Å². The van der Waals surface area contributed by atoms with Crippen LogP contribution in [0.2, 0.25) is 0 Å². The van der Waals surface area contributed by atoms with Crippen LogP contribution >= 0.6 is 0 Å². The van der Waals surface area contributed by atoms with Gasteiger partial charge in [0.05, 0.1) is 18.8 Å². The molecule has 2 aromatic heterocycles. The third-order valence-electron chi connectivity index (χ3n) is 6.15. The van der Waals surface area contributed by atoms with E-state index in [1.807, 2.05) is 42.6 Å². The van der Waals surface area contributed by atoms with Crippen LogP contribution in [0.15, 0.2) is 77.5 Å². The molecular weight excluding hydrogens is 416 g/mol. The summed E-state index contributed by atoms with van der Waals surface area (Å²) in [7, 11) is 0. The largest absolute Gasteiger partial charge is 0.467 e. The zero-order valence-corrected chi connectivity index (χ0v) is 18.1. The lowest BCUT2D eigenvalue weighted by Crippen LogP contribution is -2.54. The maximum atomic E-state index is 13.2. The van der Waals surface area contributed by atoms with E-state index in [0.717, 1.165) is 22.0 Å². The van der Waals surface area contributed by atoms with Crippen LogP contribution < -0.4 is 16.0 Å². The number of aromatic amines is 1. The van der Waals surface area contributed by atoms with E-state index in [9.17, 15) is 9.59 Å². The number of carbonyl (C=O) groups is 2. The van der Waals surface area contributed by atoms with Gasteiger partial charge in [-0.3, -0.25) is 9.59 Å². The molecule has 2 atom stereocenters. The Morgan fingerprint density at radius 3 is 2.70 bits per heavy atom. The van der Waals surface area contributed by atoms with Gasteiger partial charge in [0.1, 0.15) is 11.8 Å². The summed E-state index contributed by atoms with van der Waals surface area (Å²) in [6.45, 7) is 0.896. The fourth-order valence-electron chi connectivity index (χ4n) is 4.35. The third-order valence-corrected chi connectivity index (χ3v) is 6.15. The molecule has 5 rings (SSSR count). The lowest BCUT2D eigenvalue weighted by molar-refractivity contribution is -0.130. The Morgan fingerprint density at radius 2 is 1.85 bits per heavy atom.